The molecule has 1 aliphatic heterocycles. The Labute approximate surface area is 110 Å². The van der Waals surface area contributed by atoms with Crippen LogP contribution in [0.1, 0.15) is 26.7 Å². The second-order valence-corrected chi connectivity index (χ2v) is 4.50. The van der Waals surface area contributed by atoms with Crippen molar-refractivity contribution in [2.75, 3.05) is 39.5 Å². The van der Waals surface area contributed by atoms with E-state index in [4.69, 9.17) is 21.7 Å². The van der Waals surface area contributed by atoms with E-state index in [2.05, 4.69) is 17.1 Å². The van der Waals surface area contributed by atoms with Crippen molar-refractivity contribution in [2.24, 2.45) is 0 Å². The van der Waals surface area contributed by atoms with Crippen LogP contribution in [0.15, 0.2) is 0 Å². The number of hydrogen-bond acceptors (Lipinski definition) is 3. The van der Waals surface area contributed by atoms with Crippen molar-refractivity contribution in [3.05, 3.63) is 0 Å². The van der Waals surface area contributed by atoms with Gasteiger partial charge in [0.1, 0.15) is 0 Å². The molecule has 4 nitrogen and oxygen atoms in total. The number of ether oxygens (including phenoxy) is 2. The maximum Gasteiger partial charge on any atom is 0.169 e. The van der Waals surface area contributed by atoms with Gasteiger partial charge in [0, 0.05) is 26.3 Å². The van der Waals surface area contributed by atoms with Gasteiger partial charge in [0.15, 0.2) is 5.11 Å². The Hall–Kier alpha value is -0.390. The van der Waals surface area contributed by atoms with Gasteiger partial charge in [-0.3, -0.25) is 0 Å². The predicted molar refractivity (Wildman–Crippen MR) is 73.3 cm³/mol. The summed E-state index contributed by atoms with van der Waals surface area (Å²) < 4.78 is 10.7. The molecule has 1 atom stereocenters. The molecule has 17 heavy (non-hydrogen) atoms. The van der Waals surface area contributed by atoms with Gasteiger partial charge in [0.05, 0.1) is 19.3 Å². The molecular formula is C12H24N2O2S. The summed E-state index contributed by atoms with van der Waals surface area (Å²) in [4.78, 5) is 2.25. The minimum absolute atomic E-state index is 0.427. The van der Waals surface area contributed by atoms with Crippen molar-refractivity contribution >= 4 is 17.3 Å². The van der Waals surface area contributed by atoms with Gasteiger partial charge in [-0.15, -0.1) is 0 Å². The lowest BCUT2D eigenvalue weighted by Crippen LogP contribution is -2.52. The molecule has 0 aliphatic carbocycles. The Bertz CT molecular complexity index is 227. The summed E-state index contributed by atoms with van der Waals surface area (Å²) in [5.41, 5.74) is 0. The predicted octanol–water partition coefficient (Wildman–Crippen LogP) is 1.40. The van der Waals surface area contributed by atoms with Crippen LogP contribution in [0.3, 0.4) is 0 Å². The standard InChI is InChI=1S/C12H24N2O2S/c1-3-11-10-16-9-7-14(11)12(17)13-6-5-8-15-4-2/h11H,3-10H2,1-2H3,(H,13,17). The fourth-order valence-corrected chi connectivity index (χ4v) is 2.22. The van der Waals surface area contributed by atoms with E-state index in [1.54, 1.807) is 0 Å². The SMILES string of the molecule is CCOCCCNC(=S)N1CCOCC1CC. The molecule has 1 aliphatic rings. The monoisotopic (exact) mass is 260 g/mol. The third-order valence-electron chi connectivity index (χ3n) is 2.91. The van der Waals surface area contributed by atoms with Gasteiger partial charge in [-0.25, -0.2) is 0 Å². The first-order chi connectivity index (χ1) is 8.29. The minimum Gasteiger partial charge on any atom is -0.382 e. The summed E-state index contributed by atoms with van der Waals surface area (Å²) in [6.07, 6.45) is 2.07. The number of morpholine rings is 1. The van der Waals surface area contributed by atoms with Crippen LogP contribution in [0.4, 0.5) is 0 Å². The topological polar surface area (TPSA) is 33.7 Å². The number of hydrogen-bond donors (Lipinski definition) is 1. The molecule has 1 unspecified atom stereocenters. The quantitative estimate of drug-likeness (QED) is 0.577. The highest BCUT2D eigenvalue weighted by molar-refractivity contribution is 7.80. The Balaban J connectivity index is 2.20. The Kier molecular flexibility index (Phi) is 7.48. The van der Waals surface area contributed by atoms with E-state index in [-0.39, 0.29) is 0 Å². The Morgan fingerprint density at radius 3 is 3.06 bits per heavy atom. The molecule has 0 saturated carbocycles. The van der Waals surface area contributed by atoms with Crippen LogP contribution in [0.5, 0.6) is 0 Å². The van der Waals surface area contributed by atoms with Crippen LogP contribution in [-0.4, -0.2) is 55.6 Å². The molecule has 0 bridgehead atoms. The summed E-state index contributed by atoms with van der Waals surface area (Å²) in [5, 5.41) is 4.16. The van der Waals surface area contributed by atoms with Gasteiger partial charge >= 0.3 is 0 Å². The molecular weight excluding hydrogens is 236 g/mol. The third-order valence-corrected chi connectivity index (χ3v) is 3.28. The maximum atomic E-state index is 5.46. The fourth-order valence-electron chi connectivity index (χ4n) is 1.88. The van der Waals surface area contributed by atoms with Crippen molar-refractivity contribution in [1.29, 1.82) is 0 Å². The molecule has 5 heteroatoms. The second kappa shape index (κ2) is 8.66. The summed E-state index contributed by atoms with van der Waals surface area (Å²) in [7, 11) is 0. The third kappa shape index (κ3) is 5.19. The van der Waals surface area contributed by atoms with Gasteiger partial charge in [-0.2, -0.15) is 0 Å². The molecule has 0 aromatic heterocycles. The van der Waals surface area contributed by atoms with E-state index in [1.807, 2.05) is 6.92 Å². The number of thiocarbonyl (C=S) groups is 1. The van der Waals surface area contributed by atoms with Crippen molar-refractivity contribution in [3.63, 3.8) is 0 Å². The zero-order valence-corrected chi connectivity index (χ0v) is 11.7. The molecule has 1 fully saturated rings. The average Bonchev–Trinajstić information content (AvgIpc) is 2.38. The number of nitrogens with one attached hydrogen (secondary N) is 1. The molecule has 100 valence electrons. The Morgan fingerprint density at radius 2 is 2.35 bits per heavy atom. The van der Waals surface area contributed by atoms with Crippen molar-refractivity contribution < 1.29 is 9.47 Å². The van der Waals surface area contributed by atoms with Crippen molar-refractivity contribution in [2.45, 2.75) is 32.7 Å². The normalized spacial score (nSPS) is 20.4. The lowest BCUT2D eigenvalue weighted by Gasteiger charge is -2.37. The minimum atomic E-state index is 0.427. The summed E-state index contributed by atoms with van der Waals surface area (Å²) in [6.45, 7) is 9.11. The van der Waals surface area contributed by atoms with E-state index < -0.39 is 0 Å². The molecule has 0 aromatic carbocycles. The molecule has 0 aromatic rings. The number of nitrogens with zero attached hydrogens (tertiary/aromatic N) is 1. The number of rotatable bonds is 6. The first-order valence-corrected chi connectivity index (χ1v) is 6.90. The molecule has 0 spiro atoms. The molecule has 1 heterocycles. The first kappa shape index (κ1) is 14.7. The van der Waals surface area contributed by atoms with Crippen LogP contribution in [0, 0.1) is 0 Å². The maximum absolute atomic E-state index is 5.46. The lowest BCUT2D eigenvalue weighted by molar-refractivity contribution is 0.0248. The zero-order valence-electron chi connectivity index (χ0n) is 10.9. The fraction of sp³-hybridized carbons (Fsp3) is 0.917. The molecule has 0 radical (unpaired) electrons. The molecule has 1 saturated heterocycles. The van der Waals surface area contributed by atoms with Crippen LogP contribution >= 0.6 is 12.2 Å². The van der Waals surface area contributed by atoms with Crippen LogP contribution in [0.25, 0.3) is 0 Å². The largest absolute Gasteiger partial charge is 0.382 e. The van der Waals surface area contributed by atoms with Crippen LogP contribution < -0.4 is 5.32 Å². The van der Waals surface area contributed by atoms with E-state index >= 15 is 0 Å². The summed E-state index contributed by atoms with van der Waals surface area (Å²) in [5.74, 6) is 0. The average molecular weight is 260 g/mol. The molecule has 1 N–H and O–H groups in total. The lowest BCUT2D eigenvalue weighted by atomic mass is 10.2. The van der Waals surface area contributed by atoms with Gasteiger partial charge in [0.2, 0.25) is 0 Å². The smallest absolute Gasteiger partial charge is 0.169 e. The second-order valence-electron chi connectivity index (χ2n) is 4.11. The first-order valence-electron chi connectivity index (χ1n) is 6.49. The van der Waals surface area contributed by atoms with Gasteiger partial charge in [0.25, 0.3) is 0 Å². The van der Waals surface area contributed by atoms with Gasteiger partial charge < -0.3 is 19.7 Å². The van der Waals surface area contributed by atoms with E-state index in [0.717, 1.165) is 57.5 Å². The highest BCUT2D eigenvalue weighted by Crippen LogP contribution is 2.10. The van der Waals surface area contributed by atoms with Crippen molar-refractivity contribution in [3.8, 4) is 0 Å². The highest BCUT2D eigenvalue weighted by atomic mass is 32.1. The van der Waals surface area contributed by atoms with E-state index in [9.17, 15) is 0 Å². The van der Waals surface area contributed by atoms with Crippen molar-refractivity contribution in [1.82, 2.24) is 10.2 Å². The summed E-state index contributed by atoms with van der Waals surface area (Å²) >= 11 is 5.41. The van der Waals surface area contributed by atoms with Crippen LogP contribution in [-0.2, 0) is 9.47 Å². The van der Waals surface area contributed by atoms with Gasteiger partial charge in [-0.05, 0) is 32.0 Å². The molecule has 1 rings (SSSR count). The van der Waals surface area contributed by atoms with Crippen LogP contribution in [0.2, 0.25) is 0 Å². The zero-order chi connectivity index (χ0) is 12.5. The molecule has 0 amide bonds. The van der Waals surface area contributed by atoms with E-state index in [0.29, 0.717) is 6.04 Å². The van der Waals surface area contributed by atoms with Gasteiger partial charge in [-0.1, -0.05) is 6.92 Å². The van der Waals surface area contributed by atoms with E-state index in [1.165, 1.54) is 0 Å². The Morgan fingerprint density at radius 1 is 1.53 bits per heavy atom. The highest BCUT2D eigenvalue weighted by Gasteiger charge is 2.22. The summed E-state index contributed by atoms with van der Waals surface area (Å²) in [6, 6.07) is 0.427.